The molecule has 0 radical (unpaired) electrons. The fourth-order valence-corrected chi connectivity index (χ4v) is 2.40. The molecule has 1 aromatic heterocycles. The Morgan fingerprint density at radius 1 is 1.30 bits per heavy atom. The molecule has 20 heavy (non-hydrogen) atoms. The van der Waals surface area contributed by atoms with Gasteiger partial charge in [-0.15, -0.1) is 0 Å². The van der Waals surface area contributed by atoms with E-state index in [-0.39, 0.29) is 6.04 Å². The van der Waals surface area contributed by atoms with E-state index >= 15 is 0 Å². The second kappa shape index (κ2) is 5.48. The number of halogens is 3. The van der Waals surface area contributed by atoms with Crippen LogP contribution in [0.4, 0.5) is 13.2 Å². The lowest BCUT2D eigenvalue weighted by Gasteiger charge is -2.09. The molecule has 0 fully saturated rings. The average Bonchev–Trinajstić information content (AvgIpc) is 2.75. The number of aromatic nitrogens is 1. The van der Waals surface area contributed by atoms with Crippen molar-refractivity contribution in [2.75, 3.05) is 7.05 Å². The van der Waals surface area contributed by atoms with E-state index in [9.17, 15) is 13.2 Å². The van der Waals surface area contributed by atoms with Gasteiger partial charge >= 0.3 is 6.18 Å². The quantitative estimate of drug-likeness (QED) is 0.903. The van der Waals surface area contributed by atoms with Crippen molar-refractivity contribution in [2.24, 2.45) is 0 Å². The fourth-order valence-electron chi connectivity index (χ4n) is 2.40. The summed E-state index contributed by atoms with van der Waals surface area (Å²) in [5.41, 5.74) is 1.14. The molecule has 0 spiro atoms. The van der Waals surface area contributed by atoms with Crippen LogP contribution in [0.3, 0.4) is 0 Å². The number of nitrogens with one attached hydrogen (secondary N) is 1. The van der Waals surface area contributed by atoms with Crippen LogP contribution < -0.4 is 5.32 Å². The first-order valence-corrected chi connectivity index (χ1v) is 6.73. The number of nitrogens with zero attached hydrogens (tertiary/aromatic N) is 1. The monoisotopic (exact) mass is 284 g/mol. The summed E-state index contributed by atoms with van der Waals surface area (Å²) in [7, 11) is 1.88. The van der Waals surface area contributed by atoms with Crippen molar-refractivity contribution in [3.05, 3.63) is 35.5 Å². The van der Waals surface area contributed by atoms with E-state index in [4.69, 9.17) is 0 Å². The Balaban J connectivity index is 2.53. The number of hydrogen-bond donors (Lipinski definition) is 1. The zero-order valence-electron chi connectivity index (χ0n) is 11.9. The summed E-state index contributed by atoms with van der Waals surface area (Å²) < 4.78 is 40.3. The number of benzene rings is 1. The van der Waals surface area contributed by atoms with E-state index in [1.807, 2.05) is 24.7 Å². The maximum atomic E-state index is 12.8. The van der Waals surface area contributed by atoms with Gasteiger partial charge in [0.15, 0.2) is 0 Å². The third kappa shape index (κ3) is 2.82. The van der Waals surface area contributed by atoms with Crippen molar-refractivity contribution in [1.29, 1.82) is 0 Å². The van der Waals surface area contributed by atoms with Crippen LogP contribution in [-0.4, -0.2) is 17.7 Å². The Morgan fingerprint density at radius 2 is 2.00 bits per heavy atom. The van der Waals surface area contributed by atoms with E-state index in [2.05, 4.69) is 12.2 Å². The van der Waals surface area contributed by atoms with Gasteiger partial charge in [-0.2, -0.15) is 13.2 Å². The highest BCUT2D eigenvalue weighted by molar-refractivity contribution is 5.85. The standard InChI is InChI=1S/C15H19F3N2/c1-4-20-9-11(7-10(2)19-3)13-6-5-12(8-14(13)20)15(16,17)18/h5-6,8-10,19H,4,7H2,1-3H3. The molecule has 0 saturated carbocycles. The molecular formula is C15H19F3N2. The lowest BCUT2D eigenvalue weighted by molar-refractivity contribution is -0.137. The second-order valence-electron chi connectivity index (χ2n) is 5.06. The summed E-state index contributed by atoms with van der Waals surface area (Å²) in [5, 5.41) is 4.06. The third-order valence-electron chi connectivity index (χ3n) is 3.65. The highest BCUT2D eigenvalue weighted by atomic mass is 19.4. The van der Waals surface area contributed by atoms with Crippen LogP contribution in [0.25, 0.3) is 10.9 Å². The van der Waals surface area contributed by atoms with Crippen LogP contribution in [-0.2, 0) is 19.1 Å². The summed E-state index contributed by atoms with van der Waals surface area (Å²) >= 11 is 0. The Bertz CT molecular complexity index is 599. The molecule has 1 aromatic carbocycles. The second-order valence-corrected chi connectivity index (χ2v) is 5.06. The van der Waals surface area contributed by atoms with Gasteiger partial charge in [-0.1, -0.05) is 6.07 Å². The van der Waals surface area contributed by atoms with E-state index in [1.54, 1.807) is 6.07 Å². The summed E-state index contributed by atoms with van der Waals surface area (Å²) in [6.45, 7) is 4.65. The number of fused-ring (bicyclic) bond motifs is 1. The van der Waals surface area contributed by atoms with Crippen molar-refractivity contribution in [1.82, 2.24) is 9.88 Å². The van der Waals surface area contributed by atoms with E-state index in [0.29, 0.717) is 12.1 Å². The molecule has 0 aliphatic carbocycles. The Labute approximate surface area is 116 Å². The minimum atomic E-state index is -4.30. The number of alkyl halides is 3. The van der Waals surface area contributed by atoms with Crippen LogP contribution in [0, 0.1) is 0 Å². The highest BCUT2D eigenvalue weighted by Crippen LogP contribution is 2.33. The Kier molecular flexibility index (Phi) is 4.09. The summed E-state index contributed by atoms with van der Waals surface area (Å²) in [4.78, 5) is 0. The summed E-state index contributed by atoms with van der Waals surface area (Å²) in [6.07, 6.45) is -1.54. The molecular weight excluding hydrogens is 265 g/mol. The van der Waals surface area contributed by atoms with E-state index in [1.165, 1.54) is 6.07 Å². The molecule has 0 saturated heterocycles. The lowest BCUT2D eigenvalue weighted by Crippen LogP contribution is -2.23. The van der Waals surface area contributed by atoms with Crippen molar-refractivity contribution in [3.8, 4) is 0 Å². The molecule has 0 amide bonds. The number of rotatable bonds is 4. The van der Waals surface area contributed by atoms with Crippen molar-refractivity contribution >= 4 is 10.9 Å². The Hall–Kier alpha value is -1.49. The van der Waals surface area contributed by atoms with Crippen LogP contribution in [0.2, 0.25) is 0 Å². The predicted molar refractivity (Wildman–Crippen MR) is 74.8 cm³/mol. The van der Waals surface area contributed by atoms with Gasteiger partial charge in [0, 0.05) is 29.7 Å². The van der Waals surface area contributed by atoms with E-state index < -0.39 is 11.7 Å². The molecule has 2 rings (SSSR count). The van der Waals surface area contributed by atoms with Gasteiger partial charge in [0.2, 0.25) is 0 Å². The zero-order chi connectivity index (χ0) is 14.9. The third-order valence-corrected chi connectivity index (χ3v) is 3.65. The Morgan fingerprint density at radius 3 is 2.55 bits per heavy atom. The minimum absolute atomic E-state index is 0.285. The largest absolute Gasteiger partial charge is 0.416 e. The first-order valence-electron chi connectivity index (χ1n) is 6.73. The van der Waals surface area contributed by atoms with Crippen molar-refractivity contribution in [3.63, 3.8) is 0 Å². The lowest BCUT2D eigenvalue weighted by atomic mass is 10.0. The normalized spacial score (nSPS) is 13.9. The predicted octanol–water partition coefficient (Wildman–Crippen LogP) is 3.83. The molecule has 110 valence electrons. The molecule has 2 nitrogen and oxygen atoms in total. The van der Waals surface area contributed by atoms with Gasteiger partial charge in [0.1, 0.15) is 0 Å². The molecule has 0 aliphatic heterocycles. The average molecular weight is 284 g/mol. The van der Waals surface area contributed by atoms with Gasteiger partial charge in [-0.3, -0.25) is 0 Å². The van der Waals surface area contributed by atoms with Gasteiger partial charge in [0.25, 0.3) is 0 Å². The smallest absolute Gasteiger partial charge is 0.347 e. The van der Waals surface area contributed by atoms with Crippen LogP contribution in [0.1, 0.15) is 25.0 Å². The topological polar surface area (TPSA) is 17.0 Å². The zero-order valence-corrected chi connectivity index (χ0v) is 11.9. The maximum absolute atomic E-state index is 12.8. The van der Waals surface area contributed by atoms with Gasteiger partial charge in [-0.05, 0) is 45.0 Å². The first kappa shape index (κ1) is 14.9. The molecule has 1 heterocycles. The molecule has 2 aromatic rings. The molecule has 5 heteroatoms. The first-order chi connectivity index (χ1) is 9.36. The minimum Gasteiger partial charge on any atom is -0.347 e. The molecule has 1 atom stereocenters. The van der Waals surface area contributed by atoms with E-state index in [0.717, 1.165) is 23.4 Å². The SMILES string of the molecule is CCn1cc(CC(C)NC)c2ccc(C(F)(F)F)cc21. The van der Waals surface area contributed by atoms with Crippen LogP contribution in [0.5, 0.6) is 0 Å². The van der Waals surface area contributed by atoms with Gasteiger partial charge < -0.3 is 9.88 Å². The van der Waals surface area contributed by atoms with Gasteiger partial charge in [-0.25, -0.2) is 0 Å². The summed E-state index contributed by atoms with van der Waals surface area (Å²) in [5.74, 6) is 0. The van der Waals surface area contributed by atoms with Crippen LogP contribution >= 0.6 is 0 Å². The highest BCUT2D eigenvalue weighted by Gasteiger charge is 2.31. The van der Waals surface area contributed by atoms with Crippen molar-refractivity contribution in [2.45, 2.75) is 39.0 Å². The number of likely N-dealkylation sites (N-methyl/N-ethyl adjacent to an activating group) is 1. The molecule has 1 unspecified atom stereocenters. The van der Waals surface area contributed by atoms with Crippen molar-refractivity contribution < 1.29 is 13.2 Å². The molecule has 0 aliphatic rings. The number of hydrogen-bond acceptors (Lipinski definition) is 1. The molecule has 1 N–H and O–H groups in total. The fraction of sp³-hybridized carbons (Fsp3) is 0.467. The van der Waals surface area contributed by atoms with Crippen LogP contribution in [0.15, 0.2) is 24.4 Å². The number of aryl methyl sites for hydroxylation is 1. The summed E-state index contributed by atoms with van der Waals surface area (Å²) in [6, 6.07) is 4.28. The maximum Gasteiger partial charge on any atom is 0.416 e. The van der Waals surface area contributed by atoms with Gasteiger partial charge in [0.05, 0.1) is 5.56 Å². The molecule has 0 bridgehead atoms.